The fourth-order valence-electron chi connectivity index (χ4n) is 3.95. The molecule has 10 heteroatoms. The van der Waals surface area contributed by atoms with Crippen molar-refractivity contribution in [2.45, 2.75) is 19.9 Å². The number of thiocarbonyl (C=S) groups is 1. The zero-order valence-electron chi connectivity index (χ0n) is 19.6. The van der Waals surface area contributed by atoms with E-state index >= 15 is 0 Å². The normalized spacial score (nSPS) is 14.3. The molecule has 0 bridgehead atoms. The predicted octanol–water partition coefficient (Wildman–Crippen LogP) is 4.71. The molecule has 0 unspecified atom stereocenters. The van der Waals surface area contributed by atoms with E-state index in [0.29, 0.717) is 16.3 Å². The fraction of sp³-hybridized carbons (Fsp3) is 0.148. The molecule has 0 saturated carbocycles. The number of amides is 1. The number of nitrogens with zero attached hydrogens (tertiary/aromatic N) is 3. The Morgan fingerprint density at radius 3 is 2.49 bits per heavy atom. The molecule has 0 spiro atoms. The summed E-state index contributed by atoms with van der Waals surface area (Å²) in [5.41, 5.74) is 0.636. The lowest BCUT2D eigenvalue weighted by Crippen LogP contribution is -2.35. The summed E-state index contributed by atoms with van der Waals surface area (Å²) in [6.45, 7) is 1.05. The molecule has 1 aliphatic heterocycles. The molecule has 2 heterocycles. The number of ketones is 1. The molecule has 1 N–H and O–H groups in total. The lowest BCUT2D eigenvalue weighted by Gasteiger charge is -2.18. The minimum atomic E-state index is -0.679. The average Bonchev–Trinajstić information content (AvgIpc) is 3.13. The standard InChI is InChI=1S/C27H20ClN3O4S2/c1-16-20(14-29)24(33)30(12-11-17-5-3-2-4-6-17)26(35)23(16)21(32)15-31-25(34)22(37-27(31)36)13-18-7-9-19(28)10-8-18/h2-10,13,35H,11-12,15H2,1H3/b22-13-. The van der Waals surface area contributed by atoms with Gasteiger partial charge in [-0.25, -0.2) is 0 Å². The maximum atomic E-state index is 13.4. The van der Waals surface area contributed by atoms with E-state index in [1.807, 2.05) is 36.4 Å². The van der Waals surface area contributed by atoms with Crippen LogP contribution in [0.25, 0.3) is 6.08 Å². The first-order valence-corrected chi connectivity index (χ1v) is 12.8. The van der Waals surface area contributed by atoms with Crippen molar-refractivity contribution >= 4 is 57.7 Å². The van der Waals surface area contributed by atoms with Crippen LogP contribution in [0.4, 0.5) is 0 Å². The van der Waals surface area contributed by atoms with Crippen LogP contribution < -0.4 is 5.56 Å². The van der Waals surface area contributed by atoms with Crippen molar-refractivity contribution in [3.05, 3.63) is 103 Å². The molecule has 3 aromatic rings. The van der Waals surface area contributed by atoms with Crippen LogP contribution in [0, 0.1) is 18.3 Å². The highest BCUT2D eigenvalue weighted by Crippen LogP contribution is 2.33. The van der Waals surface area contributed by atoms with Crippen LogP contribution in [0.2, 0.25) is 5.02 Å². The van der Waals surface area contributed by atoms with E-state index in [1.54, 1.807) is 30.3 Å². The summed E-state index contributed by atoms with van der Waals surface area (Å²) in [5.74, 6) is -1.62. The molecule has 7 nitrogen and oxygen atoms in total. The number of thioether (sulfide) groups is 1. The van der Waals surface area contributed by atoms with Crippen molar-refractivity contribution < 1.29 is 14.7 Å². The van der Waals surface area contributed by atoms with E-state index in [9.17, 15) is 24.8 Å². The molecule has 1 aliphatic rings. The van der Waals surface area contributed by atoms with Crippen LogP contribution >= 0.6 is 35.6 Å². The number of rotatable bonds is 7. The third-order valence-corrected chi connectivity index (χ3v) is 7.52. The number of pyridine rings is 1. The summed E-state index contributed by atoms with van der Waals surface area (Å²) >= 11 is 12.3. The highest BCUT2D eigenvalue weighted by atomic mass is 35.5. The second kappa shape index (κ2) is 11.1. The molecule has 37 heavy (non-hydrogen) atoms. The third kappa shape index (κ3) is 5.52. The monoisotopic (exact) mass is 549 g/mol. The fourth-order valence-corrected chi connectivity index (χ4v) is 5.33. The minimum absolute atomic E-state index is 0.0631. The molecule has 1 saturated heterocycles. The second-order valence-corrected chi connectivity index (χ2v) is 10.4. The summed E-state index contributed by atoms with van der Waals surface area (Å²) in [5, 5.41) is 21.1. The summed E-state index contributed by atoms with van der Waals surface area (Å²) in [4.78, 5) is 40.8. The van der Waals surface area contributed by atoms with Crippen LogP contribution in [0.1, 0.15) is 32.6 Å². The van der Waals surface area contributed by atoms with Crippen LogP contribution in [0.5, 0.6) is 5.88 Å². The van der Waals surface area contributed by atoms with Gasteiger partial charge in [-0.05, 0) is 48.2 Å². The van der Waals surface area contributed by atoms with Gasteiger partial charge in [-0.1, -0.05) is 78.0 Å². The van der Waals surface area contributed by atoms with E-state index in [2.05, 4.69) is 0 Å². The molecule has 0 atom stereocenters. The van der Waals surface area contributed by atoms with Gasteiger partial charge in [0.25, 0.3) is 11.5 Å². The number of carbonyl (C=O) groups is 2. The number of hydrogen-bond acceptors (Lipinski definition) is 7. The molecule has 4 rings (SSSR count). The number of aromatic hydroxyl groups is 1. The number of halogens is 1. The number of benzene rings is 2. The summed E-state index contributed by atoms with van der Waals surface area (Å²) < 4.78 is 1.21. The zero-order chi connectivity index (χ0) is 26.7. The average molecular weight is 550 g/mol. The maximum absolute atomic E-state index is 13.4. The Hall–Kier alpha value is -3.71. The Balaban J connectivity index is 1.62. The first-order chi connectivity index (χ1) is 17.7. The highest BCUT2D eigenvalue weighted by molar-refractivity contribution is 8.26. The largest absolute Gasteiger partial charge is 0.494 e. The maximum Gasteiger partial charge on any atom is 0.271 e. The molecule has 2 aromatic carbocycles. The van der Waals surface area contributed by atoms with Gasteiger partial charge < -0.3 is 5.11 Å². The van der Waals surface area contributed by atoms with E-state index in [1.165, 1.54) is 6.92 Å². The number of aryl methyl sites for hydroxylation is 1. The van der Waals surface area contributed by atoms with Gasteiger partial charge in [0.15, 0.2) is 5.78 Å². The summed E-state index contributed by atoms with van der Waals surface area (Å²) in [7, 11) is 0. The van der Waals surface area contributed by atoms with Crippen LogP contribution in [0.3, 0.4) is 0 Å². The highest BCUT2D eigenvalue weighted by Gasteiger charge is 2.35. The number of hydrogen-bond donors (Lipinski definition) is 1. The Labute approximate surface area is 227 Å². The Morgan fingerprint density at radius 2 is 1.84 bits per heavy atom. The molecule has 0 aliphatic carbocycles. The molecule has 1 fully saturated rings. The SMILES string of the molecule is Cc1c(C(=O)CN2C(=O)/C(=C/c3ccc(Cl)cc3)SC2=S)c(O)n(CCc2ccccc2)c(=O)c1C#N. The lowest BCUT2D eigenvalue weighted by atomic mass is 10.0. The number of carbonyl (C=O) groups excluding carboxylic acids is 2. The van der Waals surface area contributed by atoms with E-state index < -0.39 is 29.7 Å². The Kier molecular flexibility index (Phi) is 7.93. The topological polar surface area (TPSA) is 103 Å². The molecule has 1 aromatic heterocycles. The van der Waals surface area contributed by atoms with E-state index in [-0.39, 0.29) is 27.6 Å². The molecular weight excluding hydrogens is 530 g/mol. The molecular formula is C27H20ClN3O4S2. The summed E-state index contributed by atoms with van der Waals surface area (Å²) in [6, 6.07) is 18.1. The van der Waals surface area contributed by atoms with Gasteiger partial charge in [-0.2, -0.15) is 5.26 Å². The van der Waals surface area contributed by atoms with Crippen molar-refractivity contribution in [1.82, 2.24) is 9.47 Å². The van der Waals surface area contributed by atoms with Gasteiger partial charge in [0.1, 0.15) is 16.0 Å². The van der Waals surface area contributed by atoms with Gasteiger partial charge in [0.05, 0.1) is 17.0 Å². The van der Waals surface area contributed by atoms with Crippen LogP contribution in [0.15, 0.2) is 64.3 Å². The van der Waals surface area contributed by atoms with Crippen molar-refractivity contribution in [3.8, 4) is 11.9 Å². The molecule has 186 valence electrons. The van der Waals surface area contributed by atoms with Gasteiger partial charge >= 0.3 is 0 Å². The number of Topliss-reactive ketones (excluding diaryl/α,β-unsaturated/α-hetero) is 1. The van der Waals surface area contributed by atoms with Gasteiger partial charge in [-0.15, -0.1) is 0 Å². The van der Waals surface area contributed by atoms with Gasteiger partial charge in [0, 0.05) is 11.6 Å². The number of nitriles is 1. The Morgan fingerprint density at radius 1 is 1.16 bits per heavy atom. The third-order valence-electron chi connectivity index (χ3n) is 5.89. The van der Waals surface area contributed by atoms with Crippen molar-refractivity contribution in [2.75, 3.05) is 6.54 Å². The van der Waals surface area contributed by atoms with Crippen molar-refractivity contribution in [2.24, 2.45) is 0 Å². The quantitative estimate of drug-likeness (QED) is 0.258. The van der Waals surface area contributed by atoms with Crippen LogP contribution in [-0.4, -0.2) is 37.1 Å². The smallest absolute Gasteiger partial charge is 0.271 e. The van der Waals surface area contributed by atoms with Crippen molar-refractivity contribution in [3.63, 3.8) is 0 Å². The first-order valence-electron chi connectivity index (χ1n) is 11.2. The zero-order valence-corrected chi connectivity index (χ0v) is 22.0. The minimum Gasteiger partial charge on any atom is -0.494 e. The first kappa shape index (κ1) is 26.4. The number of aromatic nitrogens is 1. The van der Waals surface area contributed by atoms with Gasteiger partial charge in [-0.3, -0.25) is 23.9 Å². The predicted molar refractivity (Wildman–Crippen MR) is 148 cm³/mol. The van der Waals surface area contributed by atoms with Crippen molar-refractivity contribution in [1.29, 1.82) is 5.26 Å². The van der Waals surface area contributed by atoms with E-state index in [4.69, 9.17) is 23.8 Å². The lowest BCUT2D eigenvalue weighted by molar-refractivity contribution is -0.121. The van der Waals surface area contributed by atoms with Crippen LogP contribution in [-0.2, 0) is 17.8 Å². The summed E-state index contributed by atoms with van der Waals surface area (Å²) in [6.07, 6.45) is 2.06. The van der Waals surface area contributed by atoms with E-state index in [0.717, 1.165) is 32.4 Å². The molecule has 1 amide bonds. The Bertz CT molecular complexity index is 1540. The molecule has 0 radical (unpaired) electrons. The second-order valence-electron chi connectivity index (χ2n) is 8.25. The van der Waals surface area contributed by atoms with Gasteiger partial charge in [0.2, 0.25) is 5.88 Å².